The van der Waals surface area contributed by atoms with Gasteiger partial charge in [0.2, 0.25) is 0 Å². The third kappa shape index (κ3) is 2.72. The highest BCUT2D eigenvalue weighted by Gasteiger charge is 2.21. The second-order valence-corrected chi connectivity index (χ2v) is 7.14. The fourth-order valence-corrected chi connectivity index (χ4v) is 4.66. The Labute approximate surface area is 143 Å². The molecule has 0 fully saturated rings. The molecule has 4 rings (SSSR count). The zero-order chi connectivity index (χ0) is 16.5. The van der Waals surface area contributed by atoms with Crippen LogP contribution in [0.2, 0.25) is 0 Å². The van der Waals surface area contributed by atoms with Crippen molar-refractivity contribution in [2.45, 2.75) is 32.4 Å². The molecule has 0 amide bonds. The van der Waals surface area contributed by atoms with E-state index < -0.39 is 0 Å². The molecule has 24 heavy (non-hydrogen) atoms. The predicted molar refractivity (Wildman–Crippen MR) is 94.6 cm³/mol. The minimum atomic E-state index is 0.0140. The maximum absolute atomic E-state index is 12.4. The lowest BCUT2D eigenvalue weighted by atomic mass is 10.2. The second kappa shape index (κ2) is 6.37. The fourth-order valence-electron chi connectivity index (χ4n) is 3.38. The average molecular weight is 342 g/mol. The van der Waals surface area contributed by atoms with Crippen molar-refractivity contribution < 1.29 is 10.1 Å². The smallest absolute Gasteiger partial charge is 0.260 e. The summed E-state index contributed by atoms with van der Waals surface area (Å²) in [6.45, 7) is 1.43. The van der Waals surface area contributed by atoms with Crippen LogP contribution in [0.3, 0.4) is 0 Å². The van der Waals surface area contributed by atoms with E-state index in [0.717, 1.165) is 53.2 Å². The summed E-state index contributed by atoms with van der Waals surface area (Å²) in [6, 6.07) is 7.98. The topological polar surface area (TPSA) is 71.6 Å². The summed E-state index contributed by atoms with van der Waals surface area (Å²) in [7, 11) is 1.68. The largest absolute Gasteiger partial charge is 0.496 e. The van der Waals surface area contributed by atoms with Crippen LogP contribution in [0.25, 0.3) is 10.2 Å². The highest BCUT2D eigenvalue weighted by Crippen LogP contribution is 2.34. The molecule has 6 heteroatoms. The molecule has 2 aromatic heterocycles. The zero-order valence-electron chi connectivity index (χ0n) is 13.6. The van der Waals surface area contributed by atoms with E-state index in [9.17, 15) is 4.79 Å². The lowest BCUT2D eigenvalue weighted by Crippen LogP contribution is -2.81. The van der Waals surface area contributed by atoms with E-state index in [1.807, 2.05) is 18.2 Å². The zero-order valence-corrected chi connectivity index (χ0v) is 14.4. The Balaban J connectivity index is 1.52. The Morgan fingerprint density at radius 1 is 1.29 bits per heavy atom. The summed E-state index contributed by atoms with van der Waals surface area (Å²) >= 11 is 1.69. The van der Waals surface area contributed by atoms with Gasteiger partial charge in [-0.15, -0.1) is 11.3 Å². The molecule has 0 aliphatic heterocycles. The predicted octanol–water partition coefficient (Wildman–Crippen LogP) is 1.75. The quantitative estimate of drug-likeness (QED) is 0.742. The van der Waals surface area contributed by atoms with Crippen molar-refractivity contribution in [2.24, 2.45) is 0 Å². The third-order valence-corrected chi connectivity index (χ3v) is 5.70. The standard InChI is InChI=1S/C18H19N3O2S/c1-23-13-7-3-2-5-11(13)9-19-10-15-20-17(22)16-12-6-4-8-14(12)24-18(16)21-15/h2-3,5,7,19H,4,6,8-10H2,1H3,(H,20,21,22)/p+1. The second-order valence-electron chi connectivity index (χ2n) is 6.06. The number of nitrogens with zero attached hydrogens (tertiary/aromatic N) is 1. The Morgan fingerprint density at radius 2 is 2.17 bits per heavy atom. The molecule has 0 saturated carbocycles. The number of H-pyrrole nitrogens is 1. The lowest BCUT2D eigenvalue weighted by molar-refractivity contribution is -0.687. The molecule has 1 aliphatic rings. The summed E-state index contributed by atoms with van der Waals surface area (Å²) in [6.07, 6.45) is 3.26. The SMILES string of the molecule is COc1ccccc1C[NH2+]Cc1nc2sc3c(c2c(=O)[nH]1)CCC3. The van der Waals surface area contributed by atoms with Crippen molar-refractivity contribution >= 4 is 21.6 Å². The number of nitrogens with one attached hydrogen (secondary N) is 1. The van der Waals surface area contributed by atoms with Crippen LogP contribution in [0.15, 0.2) is 29.1 Å². The van der Waals surface area contributed by atoms with Crippen LogP contribution in [0.1, 0.15) is 28.2 Å². The van der Waals surface area contributed by atoms with Gasteiger partial charge in [-0.25, -0.2) is 4.98 Å². The summed E-state index contributed by atoms with van der Waals surface area (Å²) < 4.78 is 5.37. The molecule has 3 N–H and O–H groups in total. The first-order valence-corrected chi connectivity index (χ1v) is 9.05. The van der Waals surface area contributed by atoms with Crippen molar-refractivity contribution in [3.63, 3.8) is 0 Å². The van der Waals surface area contributed by atoms with Gasteiger partial charge in [-0.1, -0.05) is 12.1 Å². The van der Waals surface area contributed by atoms with Crippen molar-refractivity contribution in [1.82, 2.24) is 9.97 Å². The van der Waals surface area contributed by atoms with Crippen LogP contribution >= 0.6 is 11.3 Å². The fraction of sp³-hybridized carbons (Fsp3) is 0.333. The van der Waals surface area contributed by atoms with Crippen molar-refractivity contribution in [1.29, 1.82) is 0 Å². The monoisotopic (exact) mass is 342 g/mol. The van der Waals surface area contributed by atoms with E-state index in [-0.39, 0.29) is 5.56 Å². The van der Waals surface area contributed by atoms with Crippen LogP contribution in [0.5, 0.6) is 5.75 Å². The number of aromatic nitrogens is 2. The molecule has 124 valence electrons. The highest BCUT2D eigenvalue weighted by atomic mass is 32.1. The Hall–Kier alpha value is -2.18. The van der Waals surface area contributed by atoms with E-state index in [1.165, 1.54) is 10.4 Å². The van der Waals surface area contributed by atoms with Gasteiger partial charge in [0.15, 0.2) is 5.82 Å². The van der Waals surface area contributed by atoms with Crippen LogP contribution in [-0.2, 0) is 25.9 Å². The van der Waals surface area contributed by atoms with E-state index in [1.54, 1.807) is 18.4 Å². The number of ether oxygens (including phenoxy) is 1. The number of methoxy groups -OCH3 is 1. The minimum Gasteiger partial charge on any atom is -0.496 e. The van der Waals surface area contributed by atoms with Gasteiger partial charge in [0.05, 0.1) is 12.5 Å². The number of hydrogen-bond donors (Lipinski definition) is 2. The molecule has 3 aromatic rings. The normalized spacial score (nSPS) is 13.4. The van der Waals surface area contributed by atoms with E-state index in [2.05, 4.69) is 21.4 Å². The first-order chi connectivity index (χ1) is 11.8. The Kier molecular flexibility index (Phi) is 4.08. The van der Waals surface area contributed by atoms with Crippen molar-refractivity contribution in [3.05, 3.63) is 56.4 Å². The molecule has 5 nitrogen and oxygen atoms in total. The van der Waals surface area contributed by atoms with Crippen LogP contribution in [0.4, 0.5) is 0 Å². The number of nitrogens with two attached hydrogens (primary N) is 1. The number of quaternary nitrogens is 1. The van der Waals surface area contributed by atoms with E-state index >= 15 is 0 Å². The van der Waals surface area contributed by atoms with E-state index in [0.29, 0.717) is 6.54 Å². The number of hydrogen-bond acceptors (Lipinski definition) is 4. The number of aromatic amines is 1. The van der Waals surface area contributed by atoms with Gasteiger partial charge in [0.1, 0.15) is 23.7 Å². The van der Waals surface area contributed by atoms with Crippen LogP contribution in [-0.4, -0.2) is 17.1 Å². The molecule has 0 saturated heterocycles. The van der Waals surface area contributed by atoms with Crippen molar-refractivity contribution in [2.75, 3.05) is 7.11 Å². The number of rotatable bonds is 5. The van der Waals surface area contributed by atoms with Gasteiger partial charge in [0, 0.05) is 10.4 Å². The first-order valence-electron chi connectivity index (χ1n) is 8.23. The van der Waals surface area contributed by atoms with Crippen molar-refractivity contribution in [3.8, 4) is 5.75 Å². The first kappa shape index (κ1) is 15.4. The summed E-state index contributed by atoms with van der Waals surface area (Å²) in [4.78, 5) is 22.3. The van der Waals surface area contributed by atoms with Gasteiger partial charge in [0.25, 0.3) is 5.56 Å². The van der Waals surface area contributed by atoms with Crippen LogP contribution < -0.4 is 15.6 Å². The summed E-state index contributed by atoms with van der Waals surface area (Å²) in [5.41, 5.74) is 2.38. The van der Waals surface area contributed by atoms with Gasteiger partial charge >= 0.3 is 0 Å². The number of thiophene rings is 1. The molecular weight excluding hydrogens is 322 g/mol. The molecule has 0 unspecified atom stereocenters. The number of aryl methyl sites for hydroxylation is 2. The number of para-hydroxylation sites is 1. The van der Waals surface area contributed by atoms with Gasteiger partial charge in [-0.05, 0) is 37.0 Å². The third-order valence-electron chi connectivity index (χ3n) is 4.52. The summed E-state index contributed by atoms with van der Waals surface area (Å²) in [5, 5.41) is 2.95. The minimum absolute atomic E-state index is 0.0140. The Bertz CT molecular complexity index is 945. The van der Waals surface area contributed by atoms with Gasteiger partial charge < -0.3 is 15.0 Å². The molecule has 0 radical (unpaired) electrons. The van der Waals surface area contributed by atoms with Crippen LogP contribution in [0, 0.1) is 0 Å². The summed E-state index contributed by atoms with van der Waals surface area (Å²) in [5.74, 6) is 1.63. The van der Waals surface area contributed by atoms with Gasteiger partial charge in [-0.2, -0.15) is 0 Å². The number of fused-ring (bicyclic) bond motifs is 3. The Morgan fingerprint density at radius 3 is 3.04 bits per heavy atom. The highest BCUT2D eigenvalue weighted by molar-refractivity contribution is 7.18. The maximum Gasteiger partial charge on any atom is 0.260 e. The molecule has 1 aliphatic carbocycles. The maximum atomic E-state index is 12.4. The molecule has 0 atom stereocenters. The molecule has 2 heterocycles. The molecule has 0 spiro atoms. The lowest BCUT2D eigenvalue weighted by Gasteiger charge is -2.07. The molecule has 1 aromatic carbocycles. The van der Waals surface area contributed by atoms with Gasteiger partial charge in [-0.3, -0.25) is 4.79 Å². The molecule has 0 bridgehead atoms. The average Bonchev–Trinajstić information content (AvgIpc) is 3.15. The van der Waals surface area contributed by atoms with E-state index in [4.69, 9.17) is 4.74 Å². The molecular formula is C18H20N3O2S+. The number of benzene rings is 1.